The summed E-state index contributed by atoms with van der Waals surface area (Å²) in [5.74, 6) is 2.28. The van der Waals surface area contributed by atoms with Crippen molar-refractivity contribution in [2.24, 2.45) is 0 Å². The van der Waals surface area contributed by atoms with Gasteiger partial charge < -0.3 is 14.2 Å². The van der Waals surface area contributed by atoms with Gasteiger partial charge in [0, 0.05) is 31.5 Å². The Kier molecular flexibility index (Phi) is 6.86. The van der Waals surface area contributed by atoms with Gasteiger partial charge in [-0.25, -0.2) is 4.98 Å². The van der Waals surface area contributed by atoms with E-state index in [1.807, 2.05) is 30.3 Å². The fraction of sp³-hybridized carbons (Fsp3) is 0.481. The second kappa shape index (κ2) is 10.2. The predicted octanol–water partition coefficient (Wildman–Crippen LogP) is 6.20. The van der Waals surface area contributed by atoms with E-state index < -0.39 is 0 Å². The molecule has 1 amide bonds. The molecule has 5 nitrogen and oxygen atoms in total. The molecule has 2 fully saturated rings. The van der Waals surface area contributed by atoms with Gasteiger partial charge >= 0.3 is 0 Å². The molecule has 2 aromatic carbocycles. The van der Waals surface area contributed by atoms with Crippen molar-refractivity contribution in [3.05, 3.63) is 59.4 Å². The van der Waals surface area contributed by atoms with E-state index in [-0.39, 0.29) is 5.92 Å². The van der Waals surface area contributed by atoms with Crippen molar-refractivity contribution in [2.75, 3.05) is 13.2 Å². The molecule has 1 aromatic heterocycles. The number of unbranched alkanes of at least 4 members (excludes halogenated alkanes) is 1. The number of hydrogen-bond donors (Lipinski definition) is 0. The number of carbonyl (C=O) groups excluding carboxylic acids is 1. The first kappa shape index (κ1) is 22.3. The minimum Gasteiger partial charge on any atom is -0.492 e. The summed E-state index contributed by atoms with van der Waals surface area (Å²) in [6, 6.07) is 16.3. The Bertz CT molecular complexity index is 1110. The normalized spacial score (nSPS) is 19.5. The number of nitrogens with zero attached hydrogens (tertiary/aromatic N) is 3. The van der Waals surface area contributed by atoms with Crippen LogP contribution >= 0.6 is 11.6 Å². The van der Waals surface area contributed by atoms with Gasteiger partial charge in [0.1, 0.15) is 11.6 Å². The van der Waals surface area contributed by atoms with Gasteiger partial charge in [-0.15, -0.1) is 0 Å². The minimum absolute atomic E-state index is 0.172. The number of fused-ring (bicyclic) bond motifs is 1. The summed E-state index contributed by atoms with van der Waals surface area (Å²) in [4.78, 5) is 20.1. The number of aryl methyl sites for hydroxylation is 1. The van der Waals surface area contributed by atoms with E-state index in [1.165, 1.54) is 19.3 Å². The Morgan fingerprint density at radius 3 is 2.64 bits per heavy atom. The zero-order valence-corrected chi connectivity index (χ0v) is 19.8. The van der Waals surface area contributed by atoms with Crippen LogP contribution in [0.15, 0.2) is 48.5 Å². The number of ether oxygens (including phenoxy) is 1. The van der Waals surface area contributed by atoms with Crippen molar-refractivity contribution in [2.45, 2.75) is 69.9 Å². The summed E-state index contributed by atoms with van der Waals surface area (Å²) >= 11 is 6.19. The highest BCUT2D eigenvalue weighted by atomic mass is 35.5. The Hall–Kier alpha value is -2.53. The topological polar surface area (TPSA) is 47.4 Å². The minimum atomic E-state index is 0.172. The van der Waals surface area contributed by atoms with Gasteiger partial charge in [-0.05, 0) is 49.9 Å². The number of likely N-dealkylation sites (tertiary alicyclic amines) is 1. The molecule has 1 atom stereocenters. The van der Waals surface area contributed by atoms with Gasteiger partial charge in [-0.2, -0.15) is 0 Å². The molecule has 1 saturated heterocycles. The van der Waals surface area contributed by atoms with Crippen LogP contribution in [0, 0.1) is 0 Å². The lowest BCUT2D eigenvalue weighted by atomic mass is 9.94. The van der Waals surface area contributed by atoms with Crippen LogP contribution in [-0.2, 0) is 11.3 Å². The molecule has 0 N–H and O–H groups in total. The highest BCUT2D eigenvalue weighted by Gasteiger charge is 2.37. The Morgan fingerprint density at radius 2 is 1.79 bits per heavy atom. The van der Waals surface area contributed by atoms with Crippen molar-refractivity contribution in [3.8, 4) is 5.75 Å². The van der Waals surface area contributed by atoms with Crippen molar-refractivity contribution in [3.63, 3.8) is 0 Å². The average molecular weight is 466 g/mol. The monoisotopic (exact) mass is 465 g/mol. The number of carbonyl (C=O) groups is 1. The molecular weight excluding hydrogens is 434 g/mol. The first-order valence-electron chi connectivity index (χ1n) is 12.3. The number of hydrogen-bond acceptors (Lipinski definition) is 3. The Balaban J connectivity index is 1.26. The summed E-state index contributed by atoms with van der Waals surface area (Å²) in [5.41, 5.74) is 2.17. The van der Waals surface area contributed by atoms with Crippen molar-refractivity contribution in [1.29, 1.82) is 0 Å². The van der Waals surface area contributed by atoms with E-state index in [9.17, 15) is 4.79 Å². The van der Waals surface area contributed by atoms with E-state index in [4.69, 9.17) is 21.3 Å². The summed E-state index contributed by atoms with van der Waals surface area (Å²) < 4.78 is 8.20. The first-order chi connectivity index (χ1) is 16.2. The molecule has 174 valence electrons. The quantitative estimate of drug-likeness (QED) is 0.372. The molecule has 1 saturated carbocycles. The standard InChI is InChI=1S/C27H32ClN3O2/c28-22-12-4-7-15-25(22)33-17-9-8-16-30-24-14-6-5-13-23(24)29-27(30)20-18-26(32)31(19-20)21-10-2-1-3-11-21/h4-7,12-15,20-21H,1-3,8-11,16-19H2. The zero-order valence-electron chi connectivity index (χ0n) is 19.1. The highest BCUT2D eigenvalue weighted by Crippen LogP contribution is 2.34. The number of rotatable bonds is 8. The van der Waals surface area contributed by atoms with E-state index in [1.54, 1.807) is 0 Å². The maximum Gasteiger partial charge on any atom is 0.223 e. The number of halogens is 1. The van der Waals surface area contributed by atoms with E-state index in [2.05, 4.69) is 27.7 Å². The van der Waals surface area contributed by atoms with Gasteiger partial charge in [0.15, 0.2) is 0 Å². The van der Waals surface area contributed by atoms with Crippen LogP contribution in [0.2, 0.25) is 5.02 Å². The first-order valence-corrected chi connectivity index (χ1v) is 12.7. The molecule has 33 heavy (non-hydrogen) atoms. The fourth-order valence-corrected chi connectivity index (χ4v) is 5.60. The summed E-state index contributed by atoms with van der Waals surface area (Å²) in [6.45, 7) is 2.31. The largest absolute Gasteiger partial charge is 0.492 e. The Morgan fingerprint density at radius 1 is 1.00 bits per heavy atom. The lowest BCUT2D eigenvalue weighted by Gasteiger charge is -2.31. The maximum absolute atomic E-state index is 12.9. The third kappa shape index (κ3) is 4.89. The fourth-order valence-electron chi connectivity index (χ4n) is 5.41. The van der Waals surface area contributed by atoms with E-state index >= 15 is 0 Å². The van der Waals surface area contributed by atoms with Crippen LogP contribution in [0.25, 0.3) is 11.0 Å². The molecule has 6 heteroatoms. The molecule has 5 rings (SSSR count). The maximum atomic E-state index is 12.9. The molecule has 1 unspecified atom stereocenters. The lowest BCUT2D eigenvalue weighted by Crippen LogP contribution is -2.37. The molecule has 3 aromatic rings. The number of amides is 1. The Labute approximate surface area is 200 Å². The van der Waals surface area contributed by atoms with Crippen molar-refractivity contribution >= 4 is 28.5 Å². The number of imidazole rings is 1. The summed E-state index contributed by atoms with van der Waals surface area (Å²) in [7, 11) is 0. The average Bonchev–Trinajstić information content (AvgIpc) is 3.41. The highest BCUT2D eigenvalue weighted by molar-refractivity contribution is 6.32. The van der Waals surface area contributed by atoms with Crippen molar-refractivity contribution < 1.29 is 9.53 Å². The van der Waals surface area contributed by atoms with Crippen LogP contribution in [0.3, 0.4) is 0 Å². The number of aromatic nitrogens is 2. The molecule has 0 radical (unpaired) electrons. The third-order valence-electron chi connectivity index (χ3n) is 7.09. The van der Waals surface area contributed by atoms with Gasteiger partial charge in [-0.1, -0.05) is 55.1 Å². The van der Waals surface area contributed by atoms with Crippen LogP contribution < -0.4 is 4.74 Å². The molecule has 2 heterocycles. The molecule has 0 spiro atoms. The molecule has 2 aliphatic rings. The zero-order chi connectivity index (χ0) is 22.6. The predicted molar refractivity (Wildman–Crippen MR) is 132 cm³/mol. The van der Waals surface area contributed by atoms with Gasteiger partial charge in [0.05, 0.1) is 22.7 Å². The van der Waals surface area contributed by atoms with Gasteiger partial charge in [0.25, 0.3) is 0 Å². The molecule has 1 aliphatic carbocycles. The number of benzene rings is 2. The van der Waals surface area contributed by atoms with E-state index in [0.29, 0.717) is 30.0 Å². The van der Waals surface area contributed by atoms with Crippen LogP contribution in [0.5, 0.6) is 5.75 Å². The second-order valence-corrected chi connectivity index (χ2v) is 9.74. The summed E-state index contributed by atoms with van der Waals surface area (Å²) in [6.07, 6.45) is 8.58. The lowest BCUT2D eigenvalue weighted by molar-refractivity contribution is -0.130. The second-order valence-electron chi connectivity index (χ2n) is 9.34. The SMILES string of the molecule is O=C1CC(c2nc3ccccc3n2CCCCOc2ccccc2Cl)CN1C1CCCCC1. The summed E-state index contributed by atoms with van der Waals surface area (Å²) in [5, 5.41) is 0.647. The van der Waals surface area contributed by atoms with Gasteiger partial charge in [-0.3, -0.25) is 4.79 Å². The van der Waals surface area contributed by atoms with Crippen LogP contribution in [0.4, 0.5) is 0 Å². The number of para-hydroxylation sites is 3. The van der Waals surface area contributed by atoms with Crippen LogP contribution in [-0.4, -0.2) is 39.6 Å². The third-order valence-corrected chi connectivity index (χ3v) is 7.41. The van der Waals surface area contributed by atoms with Gasteiger partial charge in [0.2, 0.25) is 5.91 Å². The van der Waals surface area contributed by atoms with Crippen molar-refractivity contribution in [1.82, 2.24) is 14.5 Å². The van der Waals surface area contributed by atoms with Crippen LogP contribution in [0.1, 0.15) is 63.1 Å². The molecular formula is C27H32ClN3O2. The molecule has 0 bridgehead atoms. The smallest absolute Gasteiger partial charge is 0.223 e. The molecule has 1 aliphatic heterocycles. The van der Waals surface area contributed by atoms with E-state index in [0.717, 1.165) is 61.4 Å².